The van der Waals surface area contributed by atoms with Crippen molar-refractivity contribution in [3.8, 4) is 12.3 Å². The number of nitrogens with zero attached hydrogens (tertiary/aromatic N) is 2. The standard InChI is InChI=1S/C15H18N2O2/c1-4-5-13(11-6-7-11)19-15(18)12-8-9-16-14(10-12)17(2)3/h1,8-11,13H,5-7H2,2-3H3/t13-/m1/s1. The summed E-state index contributed by atoms with van der Waals surface area (Å²) in [5.74, 6) is 3.43. The van der Waals surface area contributed by atoms with Gasteiger partial charge in [-0.25, -0.2) is 9.78 Å². The zero-order valence-corrected chi connectivity index (χ0v) is 11.3. The molecule has 0 radical (unpaired) electrons. The summed E-state index contributed by atoms with van der Waals surface area (Å²) in [6.07, 6.45) is 9.46. The van der Waals surface area contributed by atoms with E-state index in [1.807, 2.05) is 19.0 Å². The van der Waals surface area contributed by atoms with Gasteiger partial charge in [0.25, 0.3) is 0 Å². The lowest BCUT2D eigenvalue weighted by molar-refractivity contribution is 0.0261. The molecule has 0 aliphatic heterocycles. The Hall–Kier alpha value is -2.02. The average molecular weight is 258 g/mol. The number of terminal acetylenes is 1. The molecule has 1 aliphatic rings. The van der Waals surface area contributed by atoms with Crippen molar-refractivity contribution in [3.63, 3.8) is 0 Å². The number of carbonyl (C=O) groups is 1. The van der Waals surface area contributed by atoms with Gasteiger partial charge < -0.3 is 9.64 Å². The molecule has 1 aromatic heterocycles. The molecule has 1 aliphatic carbocycles. The van der Waals surface area contributed by atoms with Crippen molar-refractivity contribution < 1.29 is 9.53 Å². The fourth-order valence-electron chi connectivity index (χ4n) is 1.88. The molecule has 4 heteroatoms. The molecular formula is C15H18N2O2. The Morgan fingerprint density at radius 1 is 1.63 bits per heavy atom. The van der Waals surface area contributed by atoms with Crippen LogP contribution < -0.4 is 4.90 Å². The van der Waals surface area contributed by atoms with Gasteiger partial charge in [0, 0.05) is 26.7 Å². The molecule has 0 bridgehead atoms. The summed E-state index contributed by atoms with van der Waals surface area (Å²) in [7, 11) is 3.76. The van der Waals surface area contributed by atoms with E-state index in [2.05, 4.69) is 10.9 Å². The second kappa shape index (κ2) is 5.75. The van der Waals surface area contributed by atoms with Crippen molar-refractivity contribution >= 4 is 11.8 Å². The maximum atomic E-state index is 12.1. The van der Waals surface area contributed by atoms with Crippen LogP contribution in [0.4, 0.5) is 5.82 Å². The van der Waals surface area contributed by atoms with Gasteiger partial charge in [0.05, 0.1) is 5.56 Å². The predicted molar refractivity (Wildman–Crippen MR) is 73.9 cm³/mol. The summed E-state index contributed by atoms with van der Waals surface area (Å²) in [6.45, 7) is 0. The minimum Gasteiger partial charge on any atom is -0.457 e. The van der Waals surface area contributed by atoms with Crippen molar-refractivity contribution in [2.45, 2.75) is 25.4 Å². The van der Waals surface area contributed by atoms with Crippen LogP contribution in [0.5, 0.6) is 0 Å². The fourth-order valence-corrected chi connectivity index (χ4v) is 1.88. The lowest BCUT2D eigenvalue weighted by Crippen LogP contribution is -2.20. The second-order valence-corrected chi connectivity index (χ2v) is 4.99. The molecule has 0 spiro atoms. The van der Waals surface area contributed by atoms with Crippen molar-refractivity contribution in [3.05, 3.63) is 23.9 Å². The van der Waals surface area contributed by atoms with Gasteiger partial charge in [0.2, 0.25) is 0 Å². The lowest BCUT2D eigenvalue weighted by atomic mass is 10.1. The van der Waals surface area contributed by atoms with Crippen LogP contribution in [-0.4, -0.2) is 31.2 Å². The van der Waals surface area contributed by atoms with Crippen LogP contribution in [0, 0.1) is 18.3 Å². The summed E-state index contributed by atoms with van der Waals surface area (Å²) in [5, 5.41) is 0. The van der Waals surface area contributed by atoms with Crippen LogP contribution >= 0.6 is 0 Å². The van der Waals surface area contributed by atoms with Crippen LogP contribution in [0.2, 0.25) is 0 Å². The minimum atomic E-state index is -0.322. The lowest BCUT2D eigenvalue weighted by Gasteiger charge is -2.16. The number of hydrogen-bond donors (Lipinski definition) is 0. The summed E-state index contributed by atoms with van der Waals surface area (Å²) in [5.41, 5.74) is 0.515. The molecular weight excluding hydrogens is 240 g/mol. The highest BCUT2D eigenvalue weighted by Gasteiger charge is 2.33. The molecule has 0 N–H and O–H groups in total. The monoisotopic (exact) mass is 258 g/mol. The van der Waals surface area contributed by atoms with E-state index in [1.54, 1.807) is 18.3 Å². The second-order valence-electron chi connectivity index (χ2n) is 4.99. The number of hydrogen-bond acceptors (Lipinski definition) is 4. The van der Waals surface area contributed by atoms with Crippen LogP contribution in [0.15, 0.2) is 18.3 Å². The van der Waals surface area contributed by atoms with E-state index >= 15 is 0 Å². The Bertz CT molecular complexity index is 501. The third-order valence-electron chi connectivity index (χ3n) is 3.16. The highest BCUT2D eigenvalue weighted by molar-refractivity contribution is 5.90. The molecule has 0 amide bonds. The van der Waals surface area contributed by atoms with Gasteiger partial charge in [-0.15, -0.1) is 12.3 Å². The number of esters is 1. The number of anilines is 1. The zero-order valence-electron chi connectivity index (χ0n) is 11.3. The van der Waals surface area contributed by atoms with Gasteiger partial charge in [-0.3, -0.25) is 0 Å². The maximum absolute atomic E-state index is 12.1. The summed E-state index contributed by atoms with van der Waals surface area (Å²) < 4.78 is 5.51. The van der Waals surface area contributed by atoms with E-state index in [0.29, 0.717) is 17.9 Å². The number of pyridine rings is 1. The highest BCUT2D eigenvalue weighted by Crippen LogP contribution is 2.36. The quantitative estimate of drug-likeness (QED) is 0.599. The smallest absolute Gasteiger partial charge is 0.338 e. The van der Waals surface area contributed by atoms with Gasteiger partial charge in [-0.1, -0.05) is 0 Å². The first-order valence-electron chi connectivity index (χ1n) is 6.39. The van der Waals surface area contributed by atoms with E-state index in [4.69, 9.17) is 11.2 Å². The van der Waals surface area contributed by atoms with Gasteiger partial charge >= 0.3 is 5.97 Å². The zero-order chi connectivity index (χ0) is 13.8. The maximum Gasteiger partial charge on any atom is 0.338 e. The molecule has 100 valence electrons. The third-order valence-corrected chi connectivity index (χ3v) is 3.16. The van der Waals surface area contributed by atoms with E-state index in [-0.39, 0.29) is 12.1 Å². The van der Waals surface area contributed by atoms with Gasteiger partial charge in [-0.2, -0.15) is 0 Å². The molecule has 0 saturated heterocycles. The first-order chi connectivity index (χ1) is 9.11. The van der Waals surface area contributed by atoms with E-state index in [0.717, 1.165) is 18.7 Å². The number of ether oxygens (including phenoxy) is 1. The highest BCUT2D eigenvalue weighted by atomic mass is 16.5. The van der Waals surface area contributed by atoms with E-state index in [1.165, 1.54) is 0 Å². The largest absolute Gasteiger partial charge is 0.457 e. The SMILES string of the molecule is C#CC[C@@H](OC(=O)c1ccnc(N(C)C)c1)C1CC1. The Morgan fingerprint density at radius 2 is 2.37 bits per heavy atom. The normalized spacial score (nSPS) is 15.4. The first kappa shape index (κ1) is 13.4. The molecule has 1 atom stereocenters. The van der Waals surface area contributed by atoms with Crippen molar-refractivity contribution in [2.75, 3.05) is 19.0 Å². The Labute approximate surface area is 113 Å². The topological polar surface area (TPSA) is 42.4 Å². The molecule has 1 heterocycles. The van der Waals surface area contributed by atoms with Crippen LogP contribution in [-0.2, 0) is 4.74 Å². The Morgan fingerprint density at radius 3 is 2.95 bits per heavy atom. The average Bonchev–Trinajstić information content (AvgIpc) is 3.22. The number of aromatic nitrogens is 1. The fraction of sp³-hybridized carbons (Fsp3) is 0.467. The molecule has 1 fully saturated rings. The molecule has 4 nitrogen and oxygen atoms in total. The van der Waals surface area contributed by atoms with Gasteiger partial charge in [-0.05, 0) is 30.9 Å². The Balaban J connectivity index is 2.06. The molecule has 19 heavy (non-hydrogen) atoms. The van der Waals surface area contributed by atoms with E-state index < -0.39 is 0 Å². The first-order valence-corrected chi connectivity index (χ1v) is 6.39. The molecule has 0 aromatic carbocycles. The molecule has 1 saturated carbocycles. The number of carbonyl (C=O) groups excluding carboxylic acids is 1. The van der Waals surface area contributed by atoms with Crippen molar-refractivity contribution in [1.29, 1.82) is 0 Å². The van der Waals surface area contributed by atoms with Gasteiger partial charge in [0.15, 0.2) is 0 Å². The Kier molecular flexibility index (Phi) is 4.06. The number of rotatable bonds is 5. The van der Waals surface area contributed by atoms with Crippen LogP contribution in [0.1, 0.15) is 29.6 Å². The minimum absolute atomic E-state index is 0.145. The van der Waals surface area contributed by atoms with Crippen LogP contribution in [0.25, 0.3) is 0 Å². The van der Waals surface area contributed by atoms with Crippen molar-refractivity contribution in [1.82, 2.24) is 4.98 Å². The summed E-state index contributed by atoms with van der Waals surface area (Å²) in [4.78, 5) is 18.1. The molecule has 0 unspecified atom stereocenters. The van der Waals surface area contributed by atoms with Gasteiger partial charge in [0.1, 0.15) is 11.9 Å². The molecule has 1 aromatic rings. The van der Waals surface area contributed by atoms with Crippen LogP contribution in [0.3, 0.4) is 0 Å². The van der Waals surface area contributed by atoms with Crippen molar-refractivity contribution in [2.24, 2.45) is 5.92 Å². The summed E-state index contributed by atoms with van der Waals surface area (Å²) in [6, 6.07) is 3.39. The summed E-state index contributed by atoms with van der Waals surface area (Å²) >= 11 is 0. The predicted octanol–water partition coefficient (Wildman–Crippen LogP) is 2.11. The molecule has 2 rings (SSSR count). The third kappa shape index (κ3) is 3.47. The van der Waals surface area contributed by atoms with E-state index in [9.17, 15) is 4.79 Å².